The van der Waals surface area contributed by atoms with E-state index < -0.39 is 0 Å². The van der Waals surface area contributed by atoms with Crippen LogP contribution in [0.1, 0.15) is 13.8 Å². The van der Waals surface area contributed by atoms with Crippen LogP contribution in [-0.2, 0) is 11.3 Å². The summed E-state index contributed by atoms with van der Waals surface area (Å²) >= 11 is 0. The third kappa shape index (κ3) is 3.22. The van der Waals surface area contributed by atoms with Gasteiger partial charge in [-0.15, -0.1) is 0 Å². The van der Waals surface area contributed by atoms with Crippen molar-refractivity contribution in [1.29, 1.82) is 0 Å². The molecule has 4 heteroatoms. The molecule has 0 aliphatic rings. The van der Waals surface area contributed by atoms with Crippen LogP contribution in [0, 0.1) is 0 Å². The summed E-state index contributed by atoms with van der Waals surface area (Å²) in [6.07, 6.45) is 3.57. The van der Waals surface area contributed by atoms with Gasteiger partial charge in [0.2, 0.25) is 5.43 Å². The highest BCUT2D eigenvalue weighted by Crippen LogP contribution is 1.95. The van der Waals surface area contributed by atoms with E-state index in [9.17, 15) is 4.79 Å². The smallest absolute Gasteiger partial charge is 0.204 e. The minimum Gasteiger partial charge on any atom is -0.394 e. The molecule has 78 valence electrons. The van der Waals surface area contributed by atoms with E-state index in [4.69, 9.17) is 10.5 Å². The lowest BCUT2D eigenvalue weighted by atomic mass is 10.4. The number of hydrogen-bond acceptors (Lipinski definition) is 3. The molecule has 0 fully saturated rings. The normalized spacial score (nSPS) is 10.8. The molecule has 0 aliphatic heterocycles. The van der Waals surface area contributed by atoms with E-state index in [0.29, 0.717) is 13.2 Å². The van der Waals surface area contributed by atoms with Gasteiger partial charge in [-0.2, -0.15) is 0 Å². The van der Waals surface area contributed by atoms with Crippen molar-refractivity contribution in [2.75, 3.05) is 12.3 Å². The number of nitrogen functional groups attached to an aromatic ring is 1. The molecule has 0 aliphatic carbocycles. The first kappa shape index (κ1) is 10.8. The molecule has 0 bridgehead atoms. The predicted molar refractivity (Wildman–Crippen MR) is 56.2 cm³/mol. The minimum atomic E-state index is -0.133. The molecule has 1 heterocycles. The van der Waals surface area contributed by atoms with Crippen molar-refractivity contribution in [2.45, 2.75) is 26.5 Å². The molecule has 2 N–H and O–H groups in total. The van der Waals surface area contributed by atoms with Gasteiger partial charge in [0.25, 0.3) is 0 Å². The van der Waals surface area contributed by atoms with Crippen LogP contribution in [0.5, 0.6) is 0 Å². The Morgan fingerprint density at radius 1 is 1.57 bits per heavy atom. The summed E-state index contributed by atoms with van der Waals surface area (Å²) in [6.45, 7) is 5.31. The summed E-state index contributed by atoms with van der Waals surface area (Å²) in [5, 5.41) is 0. The number of aromatic nitrogens is 1. The molecule has 1 aromatic heterocycles. The zero-order chi connectivity index (χ0) is 10.6. The van der Waals surface area contributed by atoms with Gasteiger partial charge >= 0.3 is 0 Å². The molecule has 0 atom stereocenters. The zero-order valence-corrected chi connectivity index (χ0v) is 8.56. The highest BCUT2D eigenvalue weighted by Gasteiger charge is 1.96. The second-order valence-electron chi connectivity index (χ2n) is 3.42. The first-order valence-corrected chi connectivity index (χ1v) is 4.67. The molecule has 4 nitrogen and oxygen atoms in total. The van der Waals surface area contributed by atoms with E-state index in [-0.39, 0.29) is 17.2 Å². The molecule has 0 aromatic carbocycles. The van der Waals surface area contributed by atoms with Crippen LogP contribution in [0.15, 0.2) is 23.3 Å². The molecule has 0 spiro atoms. The number of anilines is 1. The van der Waals surface area contributed by atoms with Crippen molar-refractivity contribution in [1.82, 2.24) is 4.57 Å². The predicted octanol–water partition coefficient (Wildman–Crippen LogP) is 0.855. The molecule has 0 saturated heterocycles. The fourth-order valence-electron chi connectivity index (χ4n) is 1.08. The second-order valence-corrected chi connectivity index (χ2v) is 3.42. The van der Waals surface area contributed by atoms with Gasteiger partial charge in [-0.3, -0.25) is 4.79 Å². The van der Waals surface area contributed by atoms with Gasteiger partial charge in [0.05, 0.1) is 18.4 Å². The van der Waals surface area contributed by atoms with Crippen LogP contribution in [0.2, 0.25) is 0 Å². The Kier molecular flexibility index (Phi) is 3.71. The molecular formula is C10H16N2O2. The van der Waals surface area contributed by atoms with Gasteiger partial charge < -0.3 is 15.0 Å². The Labute approximate surface area is 83.3 Å². The van der Waals surface area contributed by atoms with E-state index in [1.807, 2.05) is 18.4 Å². The maximum absolute atomic E-state index is 11.0. The average Bonchev–Trinajstić information content (AvgIpc) is 2.10. The molecule has 0 radical (unpaired) electrons. The number of pyridine rings is 1. The maximum atomic E-state index is 11.0. The standard InChI is InChI=1S/C10H16N2O2/c1-8(2)14-6-5-12-4-3-10(13)9(11)7-12/h3-4,7-8H,5-6,11H2,1-2H3. The lowest BCUT2D eigenvalue weighted by Crippen LogP contribution is -2.14. The molecule has 0 amide bonds. The first-order valence-electron chi connectivity index (χ1n) is 4.67. The molecular weight excluding hydrogens is 180 g/mol. The summed E-state index contributed by atoms with van der Waals surface area (Å²) < 4.78 is 7.22. The highest BCUT2D eigenvalue weighted by atomic mass is 16.5. The van der Waals surface area contributed by atoms with E-state index in [2.05, 4.69) is 0 Å². The van der Waals surface area contributed by atoms with E-state index in [0.717, 1.165) is 0 Å². The minimum absolute atomic E-state index is 0.133. The summed E-state index contributed by atoms with van der Waals surface area (Å²) in [5.41, 5.74) is 5.62. The van der Waals surface area contributed by atoms with Crippen LogP contribution < -0.4 is 11.2 Å². The van der Waals surface area contributed by atoms with E-state index in [1.54, 1.807) is 12.4 Å². The summed E-state index contributed by atoms with van der Waals surface area (Å²) in [5.74, 6) is 0. The third-order valence-electron chi connectivity index (χ3n) is 1.81. The summed E-state index contributed by atoms with van der Waals surface area (Å²) in [4.78, 5) is 11.0. The highest BCUT2D eigenvalue weighted by molar-refractivity contribution is 5.33. The van der Waals surface area contributed by atoms with Crippen LogP contribution in [0.3, 0.4) is 0 Å². The Morgan fingerprint density at radius 2 is 2.29 bits per heavy atom. The molecule has 1 aromatic rings. The van der Waals surface area contributed by atoms with Crippen LogP contribution in [0.4, 0.5) is 5.69 Å². The fourth-order valence-corrected chi connectivity index (χ4v) is 1.08. The van der Waals surface area contributed by atoms with Crippen LogP contribution >= 0.6 is 0 Å². The average molecular weight is 196 g/mol. The van der Waals surface area contributed by atoms with Crippen LogP contribution in [0.25, 0.3) is 0 Å². The number of rotatable bonds is 4. The van der Waals surface area contributed by atoms with Crippen molar-refractivity contribution in [3.63, 3.8) is 0 Å². The van der Waals surface area contributed by atoms with Crippen LogP contribution in [-0.4, -0.2) is 17.3 Å². The van der Waals surface area contributed by atoms with Gasteiger partial charge in [0.1, 0.15) is 0 Å². The van der Waals surface area contributed by atoms with Gasteiger partial charge in [-0.25, -0.2) is 0 Å². The Balaban J connectivity index is 2.52. The summed E-state index contributed by atoms with van der Waals surface area (Å²) in [7, 11) is 0. The zero-order valence-electron chi connectivity index (χ0n) is 8.56. The van der Waals surface area contributed by atoms with Crippen molar-refractivity contribution < 1.29 is 4.74 Å². The van der Waals surface area contributed by atoms with Crippen molar-refractivity contribution in [3.8, 4) is 0 Å². The fraction of sp³-hybridized carbons (Fsp3) is 0.500. The largest absolute Gasteiger partial charge is 0.394 e. The van der Waals surface area contributed by atoms with Gasteiger partial charge in [-0.05, 0) is 13.8 Å². The maximum Gasteiger partial charge on any atom is 0.204 e. The lowest BCUT2D eigenvalue weighted by Gasteiger charge is -2.09. The Morgan fingerprint density at radius 3 is 2.86 bits per heavy atom. The van der Waals surface area contributed by atoms with Crippen molar-refractivity contribution in [2.24, 2.45) is 0 Å². The Bertz CT molecular complexity index is 344. The number of nitrogens with two attached hydrogens (primary N) is 1. The van der Waals surface area contributed by atoms with E-state index >= 15 is 0 Å². The van der Waals surface area contributed by atoms with E-state index in [1.165, 1.54) is 6.07 Å². The number of nitrogens with zero attached hydrogens (tertiary/aromatic N) is 1. The SMILES string of the molecule is CC(C)OCCn1ccc(=O)c(N)c1. The monoisotopic (exact) mass is 196 g/mol. The second kappa shape index (κ2) is 4.81. The van der Waals surface area contributed by atoms with Crippen molar-refractivity contribution >= 4 is 5.69 Å². The molecule has 0 saturated carbocycles. The number of hydrogen-bond donors (Lipinski definition) is 1. The summed E-state index contributed by atoms with van der Waals surface area (Å²) in [6, 6.07) is 1.46. The van der Waals surface area contributed by atoms with Crippen molar-refractivity contribution in [3.05, 3.63) is 28.7 Å². The Hall–Kier alpha value is -1.29. The molecule has 1 rings (SSSR count). The van der Waals surface area contributed by atoms with Gasteiger partial charge in [0.15, 0.2) is 0 Å². The number of ether oxygens (including phenoxy) is 1. The molecule has 0 unspecified atom stereocenters. The first-order chi connectivity index (χ1) is 6.59. The van der Waals surface area contributed by atoms with Gasteiger partial charge in [-0.1, -0.05) is 0 Å². The quantitative estimate of drug-likeness (QED) is 0.776. The topological polar surface area (TPSA) is 57.2 Å². The third-order valence-corrected chi connectivity index (χ3v) is 1.81. The lowest BCUT2D eigenvalue weighted by molar-refractivity contribution is 0.0727. The molecule has 14 heavy (non-hydrogen) atoms. The van der Waals surface area contributed by atoms with Gasteiger partial charge in [0, 0.05) is 25.0 Å².